The third-order valence-electron chi connectivity index (χ3n) is 4.65. The number of hydrogen-bond donors (Lipinski definition) is 2. The molecule has 31 heavy (non-hydrogen) atoms. The van der Waals surface area contributed by atoms with Crippen molar-refractivity contribution >= 4 is 34.5 Å². The SMILES string of the molecule is [C-]#[N+]c1ccc(C(=O)c2ccc(-c3cnc4[nH]cc(/C=C/C(N)=O)c4c3)cc2F)nc1. The number of hydrogen-bond acceptors (Lipinski definition) is 4. The minimum atomic E-state index is -0.693. The van der Waals surface area contributed by atoms with Crippen molar-refractivity contribution in [2.24, 2.45) is 5.73 Å². The number of H-pyrrole nitrogens is 1. The largest absolute Gasteiger partial charge is 0.366 e. The fourth-order valence-corrected chi connectivity index (χ4v) is 3.09. The topological polar surface area (TPSA) is 106 Å². The molecule has 4 aromatic rings. The molecule has 3 N–H and O–H groups in total. The molecule has 7 nitrogen and oxygen atoms in total. The van der Waals surface area contributed by atoms with E-state index in [0.717, 1.165) is 5.39 Å². The standard InChI is InChI=1S/C23H14FN5O2/c1-26-16-4-6-20(27-12-16)22(31)17-5-2-13(9-19(17)24)15-8-18-14(3-7-21(25)30)10-28-23(18)29-11-15/h2-12H,(H2,25,30)(H,28,29)/b7-3+. The molecule has 0 unspecified atom stereocenters. The number of aromatic nitrogens is 3. The Morgan fingerprint density at radius 3 is 2.61 bits per heavy atom. The van der Waals surface area contributed by atoms with Crippen LogP contribution in [0.25, 0.3) is 33.1 Å². The summed E-state index contributed by atoms with van der Waals surface area (Å²) in [6, 6.07) is 8.94. The molecule has 1 aromatic carbocycles. The highest BCUT2D eigenvalue weighted by atomic mass is 19.1. The quantitative estimate of drug-likeness (QED) is 0.294. The lowest BCUT2D eigenvalue weighted by Crippen LogP contribution is -2.06. The minimum absolute atomic E-state index is 0.0559. The second-order valence-corrected chi connectivity index (χ2v) is 6.64. The minimum Gasteiger partial charge on any atom is -0.366 e. The molecule has 0 aliphatic heterocycles. The van der Waals surface area contributed by atoms with Gasteiger partial charge in [-0.3, -0.25) is 14.6 Å². The van der Waals surface area contributed by atoms with Crippen molar-refractivity contribution in [2.75, 3.05) is 0 Å². The molecule has 3 heterocycles. The molecule has 4 rings (SSSR count). The van der Waals surface area contributed by atoms with E-state index in [4.69, 9.17) is 12.3 Å². The zero-order valence-electron chi connectivity index (χ0n) is 16.0. The van der Waals surface area contributed by atoms with E-state index in [0.29, 0.717) is 28.0 Å². The van der Waals surface area contributed by atoms with Gasteiger partial charge in [0, 0.05) is 41.2 Å². The van der Waals surface area contributed by atoms with Crippen LogP contribution in [-0.4, -0.2) is 26.6 Å². The van der Waals surface area contributed by atoms with Crippen LogP contribution in [0.1, 0.15) is 21.6 Å². The first kappa shape index (κ1) is 19.7. The summed E-state index contributed by atoms with van der Waals surface area (Å²) in [6.45, 7) is 6.93. The number of rotatable bonds is 5. The van der Waals surface area contributed by atoms with Gasteiger partial charge in [0.2, 0.25) is 17.4 Å². The van der Waals surface area contributed by atoms with Crippen LogP contribution in [0.3, 0.4) is 0 Å². The average molecular weight is 411 g/mol. The van der Waals surface area contributed by atoms with Crippen LogP contribution in [0, 0.1) is 12.4 Å². The molecule has 0 aliphatic carbocycles. The highest BCUT2D eigenvalue weighted by Crippen LogP contribution is 2.27. The molecule has 0 atom stereocenters. The second kappa shape index (κ2) is 8.00. The number of nitrogens with one attached hydrogen (secondary N) is 1. The van der Waals surface area contributed by atoms with Crippen molar-refractivity contribution in [2.45, 2.75) is 0 Å². The third kappa shape index (κ3) is 3.93. The highest BCUT2D eigenvalue weighted by molar-refractivity contribution is 6.08. The summed E-state index contributed by atoms with van der Waals surface area (Å²) >= 11 is 0. The number of halogens is 1. The molecule has 0 saturated heterocycles. The molecule has 8 heteroatoms. The van der Waals surface area contributed by atoms with Gasteiger partial charge in [-0.2, -0.15) is 0 Å². The van der Waals surface area contributed by atoms with Gasteiger partial charge in [-0.25, -0.2) is 14.2 Å². The Morgan fingerprint density at radius 2 is 1.94 bits per heavy atom. The lowest BCUT2D eigenvalue weighted by molar-refractivity contribution is -0.113. The number of primary amides is 1. The number of carbonyl (C=O) groups excluding carboxylic acids is 2. The normalized spacial score (nSPS) is 11.0. The van der Waals surface area contributed by atoms with Gasteiger partial charge in [0.05, 0.1) is 12.1 Å². The number of fused-ring (bicyclic) bond motifs is 1. The number of ketones is 1. The maximum atomic E-state index is 14.8. The van der Waals surface area contributed by atoms with Crippen LogP contribution in [0.5, 0.6) is 0 Å². The van der Waals surface area contributed by atoms with E-state index in [2.05, 4.69) is 19.8 Å². The average Bonchev–Trinajstić information content (AvgIpc) is 3.19. The Kier molecular flexibility index (Phi) is 5.08. The van der Waals surface area contributed by atoms with Crippen molar-refractivity contribution in [3.63, 3.8) is 0 Å². The van der Waals surface area contributed by atoms with E-state index >= 15 is 0 Å². The summed E-state index contributed by atoms with van der Waals surface area (Å²) in [5, 5.41) is 0.736. The fourth-order valence-electron chi connectivity index (χ4n) is 3.09. The first-order chi connectivity index (χ1) is 15.0. The van der Waals surface area contributed by atoms with Crippen molar-refractivity contribution in [3.05, 3.63) is 95.1 Å². The molecule has 0 radical (unpaired) electrons. The molecular weight excluding hydrogens is 397 g/mol. The Hall–Kier alpha value is -4.64. The van der Waals surface area contributed by atoms with Crippen LogP contribution < -0.4 is 5.73 Å². The molecule has 0 spiro atoms. The third-order valence-corrected chi connectivity index (χ3v) is 4.65. The summed E-state index contributed by atoms with van der Waals surface area (Å²) in [6.07, 6.45) is 7.36. The van der Waals surface area contributed by atoms with Crippen LogP contribution in [0.15, 0.2) is 61.1 Å². The highest BCUT2D eigenvalue weighted by Gasteiger charge is 2.16. The monoisotopic (exact) mass is 411 g/mol. The predicted molar refractivity (Wildman–Crippen MR) is 114 cm³/mol. The van der Waals surface area contributed by atoms with Gasteiger partial charge >= 0.3 is 0 Å². The number of benzene rings is 1. The van der Waals surface area contributed by atoms with Gasteiger partial charge in [0.15, 0.2) is 0 Å². The predicted octanol–water partition coefficient (Wildman–Crippen LogP) is 4.04. The lowest BCUT2D eigenvalue weighted by atomic mass is 10.0. The molecule has 1 amide bonds. The summed E-state index contributed by atoms with van der Waals surface area (Å²) in [7, 11) is 0. The Labute approximate surface area is 175 Å². The molecular formula is C23H14FN5O2. The van der Waals surface area contributed by atoms with E-state index in [9.17, 15) is 14.0 Å². The maximum Gasteiger partial charge on any atom is 0.241 e. The summed E-state index contributed by atoms with van der Waals surface area (Å²) in [5.41, 5.74) is 7.87. The Bertz CT molecular complexity index is 1400. The number of nitrogens with zero attached hydrogens (tertiary/aromatic N) is 3. The molecule has 3 aromatic heterocycles. The van der Waals surface area contributed by atoms with Crippen LogP contribution in [-0.2, 0) is 4.79 Å². The Morgan fingerprint density at radius 1 is 1.10 bits per heavy atom. The van der Waals surface area contributed by atoms with E-state index in [1.165, 1.54) is 36.5 Å². The first-order valence-electron chi connectivity index (χ1n) is 9.09. The lowest BCUT2D eigenvalue weighted by Gasteiger charge is -2.06. The van der Waals surface area contributed by atoms with Crippen molar-refractivity contribution in [1.82, 2.24) is 15.0 Å². The van der Waals surface area contributed by atoms with Crippen molar-refractivity contribution < 1.29 is 14.0 Å². The van der Waals surface area contributed by atoms with Gasteiger partial charge in [0.25, 0.3) is 0 Å². The molecule has 0 saturated carbocycles. The van der Waals surface area contributed by atoms with Crippen molar-refractivity contribution in [1.29, 1.82) is 0 Å². The zero-order chi connectivity index (χ0) is 22.0. The summed E-state index contributed by atoms with van der Waals surface area (Å²) in [4.78, 5) is 38.1. The molecule has 0 aliphatic rings. The van der Waals surface area contributed by atoms with Gasteiger partial charge in [-0.15, -0.1) is 0 Å². The summed E-state index contributed by atoms with van der Waals surface area (Å²) < 4.78 is 14.8. The van der Waals surface area contributed by atoms with Crippen LogP contribution >= 0.6 is 0 Å². The smallest absolute Gasteiger partial charge is 0.241 e. The first-order valence-corrected chi connectivity index (χ1v) is 9.09. The van der Waals surface area contributed by atoms with Gasteiger partial charge in [-0.05, 0) is 35.9 Å². The molecule has 0 fully saturated rings. The number of nitrogens with two attached hydrogens (primary N) is 1. The van der Waals surface area contributed by atoms with E-state index < -0.39 is 17.5 Å². The van der Waals surface area contributed by atoms with Crippen LogP contribution in [0.4, 0.5) is 10.1 Å². The summed E-state index contributed by atoms with van der Waals surface area (Å²) in [5.74, 6) is -1.83. The van der Waals surface area contributed by atoms with Gasteiger partial charge in [-0.1, -0.05) is 12.1 Å². The van der Waals surface area contributed by atoms with E-state index in [1.807, 2.05) is 0 Å². The van der Waals surface area contributed by atoms with Gasteiger partial charge in [0.1, 0.15) is 17.2 Å². The van der Waals surface area contributed by atoms with Crippen molar-refractivity contribution in [3.8, 4) is 11.1 Å². The number of aromatic amines is 1. The van der Waals surface area contributed by atoms with Crippen LogP contribution in [0.2, 0.25) is 0 Å². The number of amides is 1. The van der Waals surface area contributed by atoms with E-state index in [1.54, 1.807) is 30.6 Å². The second-order valence-electron chi connectivity index (χ2n) is 6.64. The molecule has 0 bridgehead atoms. The number of carbonyl (C=O) groups is 2. The number of pyridine rings is 2. The fraction of sp³-hybridized carbons (Fsp3) is 0. The molecule has 150 valence electrons. The van der Waals surface area contributed by atoms with E-state index in [-0.39, 0.29) is 11.3 Å². The Balaban J connectivity index is 1.68. The maximum absolute atomic E-state index is 14.8. The zero-order valence-corrected chi connectivity index (χ0v) is 16.0. The van der Waals surface area contributed by atoms with Gasteiger partial charge < -0.3 is 10.7 Å².